The van der Waals surface area contributed by atoms with Gasteiger partial charge < -0.3 is 10.2 Å². The molecule has 0 aliphatic carbocycles. The molecule has 0 rings (SSSR count). The second kappa shape index (κ2) is 2.40. The van der Waals surface area contributed by atoms with Crippen LogP contribution in [0.15, 0.2) is 0 Å². The van der Waals surface area contributed by atoms with Gasteiger partial charge in [-0.1, -0.05) is 26.6 Å². The minimum atomic E-state index is -1.77. The molecule has 0 amide bonds. The number of rotatable bonds is 2. The van der Waals surface area contributed by atoms with Gasteiger partial charge in [0.25, 0.3) is 0 Å². The Hall–Kier alpha value is 0.137. The second-order valence-corrected chi connectivity index (χ2v) is 8.72. The van der Waals surface area contributed by atoms with Crippen LogP contribution >= 0.6 is 0 Å². The van der Waals surface area contributed by atoms with Crippen molar-refractivity contribution in [2.75, 3.05) is 0 Å². The van der Waals surface area contributed by atoms with E-state index in [2.05, 4.69) is 0 Å². The van der Waals surface area contributed by atoms with Crippen LogP contribution in [0.3, 0.4) is 0 Å². The molecule has 9 heavy (non-hydrogen) atoms. The number of aliphatic hydroxyl groups is 2. The summed E-state index contributed by atoms with van der Waals surface area (Å²) in [6.07, 6.45) is 0.433. The van der Waals surface area contributed by atoms with E-state index in [1.807, 2.05) is 19.6 Å². The summed E-state index contributed by atoms with van der Waals surface area (Å²) in [7, 11) is -1.77. The fourth-order valence-electron chi connectivity index (χ4n) is 0.530. The van der Waals surface area contributed by atoms with E-state index in [1.54, 1.807) is 6.92 Å². The average molecular weight is 148 g/mol. The van der Waals surface area contributed by atoms with Crippen molar-refractivity contribution in [1.29, 1.82) is 0 Å². The van der Waals surface area contributed by atoms with Crippen molar-refractivity contribution in [2.45, 2.75) is 38.4 Å². The first-order valence-corrected chi connectivity index (χ1v) is 6.76. The topological polar surface area (TPSA) is 40.5 Å². The Balaban J connectivity index is 4.14. The van der Waals surface area contributed by atoms with E-state index in [0.717, 1.165) is 0 Å². The highest BCUT2D eigenvalue weighted by atomic mass is 28.3. The monoisotopic (exact) mass is 148 g/mol. The summed E-state index contributed by atoms with van der Waals surface area (Å²) in [5, 5.41) is 18.6. The predicted octanol–water partition coefficient (Wildman–Crippen LogP) is 0.955. The minimum Gasteiger partial charge on any atom is -0.369 e. The third kappa shape index (κ3) is 2.08. The highest BCUT2D eigenvalue weighted by molar-refractivity contribution is 6.78. The molecule has 56 valence electrons. The van der Waals surface area contributed by atoms with E-state index in [-0.39, 0.29) is 0 Å². The van der Waals surface area contributed by atoms with Crippen LogP contribution in [0.5, 0.6) is 0 Å². The average Bonchev–Trinajstić information content (AvgIpc) is 1.64. The van der Waals surface area contributed by atoms with Gasteiger partial charge in [0, 0.05) is 0 Å². The molecule has 0 aliphatic rings. The van der Waals surface area contributed by atoms with E-state index in [1.165, 1.54) is 0 Å². The van der Waals surface area contributed by atoms with Crippen LogP contribution in [0.25, 0.3) is 0 Å². The van der Waals surface area contributed by atoms with Gasteiger partial charge in [0.2, 0.25) is 0 Å². The summed E-state index contributed by atoms with van der Waals surface area (Å²) in [6.45, 7) is 7.61. The quantitative estimate of drug-likeness (QED) is 0.452. The lowest BCUT2D eigenvalue weighted by Gasteiger charge is -2.32. The van der Waals surface area contributed by atoms with Gasteiger partial charge in [-0.2, -0.15) is 0 Å². The summed E-state index contributed by atoms with van der Waals surface area (Å²) in [6, 6.07) is 0. The smallest absolute Gasteiger partial charge is 0.144 e. The van der Waals surface area contributed by atoms with Gasteiger partial charge in [0.15, 0.2) is 0 Å². The lowest BCUT2D eigenvalue weighted by atomic mass is 10.5. The Kier molecular flexibility index (Phi) is 2.44. The fraction of sp³-hybridized carbons (Fsp3) is 1.00. The van der Waals surface area contributed by atoms with Crippen LogP contribution in [0.2, 0.25) is 19.6 Å². The van der Waals surface area contributed by atoms with Gasteiger partial charge >= 0.3 is 0 Å². The standard InChI is InChI=1S/C6H16O2Si/c1-5-6(7,8)9(2,3)4/h7-8H,5H2,1-4H3. The molecule has 0 bridgehead atoms. The molecule has 0 aromatic rings. The van der Waals surface area contributed by atoms with Crippen molar-refractivity contribution in [2.24, 2.45) is 0 Å². The van der Waals surface area contributed by atoms with E-state index < -0.39 is 13.5 Å². The van der Waals surface area contributed by atoms with Gasteiger partial charge in [-0.05, 0) is 6.42 Å². The van der Waals surface area contributed by atoms with Crippen molar-refractivity contribution in [1.82, 2.24) is 0 Å². The third-order valence-electron chi connectivity index (χ3n) is 1.69. The molecule has 0 radical (unpaired) electrons. The zero-order chi connectivity index (χ0) is 7.71. The summed E-state index contributed by atoms with van der Waals surface area (Å²) in [5.74, 6) is 0. The molecule has 0 fully saturated rings. The van der Waals surface area contributed by atoms with Gasteiger partial charge in [0.1, 0.15) is 13.5 Å². The highest BCUT2D eigenvalue weighted by Gasteiger charge is 2.37. The maximum absolute atomic E-state index is 9.28. The Bertz CT molecular complexity index is 93.7. The minimum absolute atomic E-state index is 0.433. The molecule has 0 spiro atoms. The maximum Gasteiger partial charge on any atom is 0.144 e. The van der Waals surface area contributed by atoms with Crippen LogP contribution in [-0.2, 0) is 0 Å². The Labute approximate surface area is 57.5 Å². The van der Waals surface area contributed by atoms with Crippen LogP contribution in [-0.4, -0.2) is 23.7 Å². The predicted molar refractivity (Wildman–Crippen MR) is 40.8 cm³/mol. The van der Waals surface area contributed by atoms with Gasteiger partial charge in [0.05, 0.1) is 0 Å². The van der Waals surface area contributed by atoms with E-state index in [0.29, 0.717) is 6.42 Å². The molecule has 0 heterocycles. The van der Waals surface area contributed by atoms with Crippen LogP contribution in [0, 0.1) is 0 Å². The van der Waals surface area contributed by atoms with E-state index in [4.69, 9.17) is 0 Å². The first kappa shape index (κ1) is 9.14. The highest BCUT2D eigenvalue weighted by Crippen LogP contribution is 2.20. The van der Waals surface area contributed by atoms with Crippen molar-refractivity contribution >= 4 is 8.07 Å². The largest absolute Gasteiger partial charge is 0.369 e. The van der Waals surface area contributed by atoms with Crippen LogP contribution in [0.1, 0.15) is 13.3 Å². The van der Waals surface area contributed by atoms with Crippen molar-refractivity contribution in [3.8, 4) is 0 Å². The Morgan fingerprint density at radius 2 is 1.56 bits per heavy atom. The Morgan fingerprint density at radius 3 is 1.56 bits per heavy atom. The van der Waals surface area contributed by atoms with Gasteiger partial charge in [-0.15, -0.1) is 0 Å². The molecule has 0 saturated heterocycles. The van der Waals surface area contributed by atoms with Gasteiger partial charge in [-0.3, -0.25) is 0 Å². The molecule has 0 aromatic carbocycles. The summed E-state index contributed by atoms with van der Waals surface area (Å²) >= 11 is 0. The molecule has 0 aliphatic heterocycles. The first-order chi connectivity index (χ1) is 3.81. The maximum atomic E-state index is 9.28. The molecule has 0 saturated carbocycles. The van der Waals surface area contributed by atoms with Crippen molar-refractivity contribution in [3.63, 3.8) is 0 Å². The van der Waals surface area contributed by atoms with E-state index in [9.17, 15) is 10.2 Å². The molecular weight excluding hydrogens is 132 g/mol. The normalized spacial score (nSPS) is 14.0. The molecule has 3 heteroatoms. The fourth-order valence-corrected chi connectivity index (χ4v) is 1.59. The van der Waals surface area contributed by atoms with Crippen molar-refractivity contribution in [3.05, 3.63) is 0 Å². The third-order valence-corrected chi connectivity index (χ3v) is 4.45. The molecule has 0 aromatic heterocycles. The zero-order valence-electron chi connectivity index (χ0n) is 6.60. The lowest BCUT2D eigenvalue weighted by molar-refractivity contribution is -0.0971. The number of hydrogen-bond acceptors (Lipinski definition) is 2. The van der Waals surface area contributed by atoms with E-state index >= 15 is 0 Å². The van der Waals surface area contributed by atoms with Crippen LogP contribution < -0.4 is 0 Å². The summed E-state index contributed by atoms with van der Waals surface area (Å²) in [5.41, 5.74) is -1.38. The molecule has 0 atom stereocenters. The molecular formula is C6H16O2Si. The molecule has 0 unspecified atom stereocenters. The number of hydrogen-bond donors (Lipinski definition) is 2. The zero-order valence-corrected chi connectivity index (χ0v) is 7.60. The lowest BCUT2D eigenvalue weighted by Crippen LogP contribution is -2.51. The molecule has 2 nitrogen and oxygen atoms in total. The molecule has 2 N–H and O–H groups in total. The summed E-state index contributed by atoms with van der Waals surface area (Å²) in [4.78, 5) is 0. The van der Waals surface area contributed by atoms with Gasteiger partial charge in [-0.25, -0.2) is 0 Å². The Morgan fingerprint density at radius 1 is 1.22 bits per heavy atom. The second-order valence-electron chi connectivity index (χ2n) is 3.42. The van der Waals surface area contributed by atoms with Crippen molar-refractivity contribution < 1.29 is 10.2 Å². The SMILES string of the molecule is CCC(O)(O)[Si](C)(C)C. The first-order valence-electron chi connectivity index (χ1n) is 3.26. The van der Waals surface area contributed by atoms with Crippen LogP contribution in [0.4, 0.5) is 0 Å². The summed E-state index contributed by atoms with van der Waals surface area (Å²) < 4.78 is 0.